The van der Waals surface area contributed by atoms with Crippen molar-refractivity contribution in [1.29, 1.82) is 0 Å². The van der Waals surface area contributed by atoms with Gasteiger partial charge in [-0.15, -0.1) is 0 Å². The van der Waals surface area contributed by atoms with Crippen LogP contribution in [0.4, 0.5) is 34.1 Å². The van der Waals surface area contributed by atoms with E-state index in [1.165, 1.54) is 22.3 Å². The number of hydrogen-bond acceptors (Lipinski definition) is 3. The van der Waals surface area contributed by atoms with E-state index in [-0.39, 0.29) is 5.41 Å². The molecule has 0 fully saturated rings. The minimum absolute atomic E-state index is 0.199. The van der Waals surface area contributed by atoms with Crippen LogP contribution in [-0.4, -0.2) is 0 Å². The highest BCUT2D eigenvalue weighted by atomic mass is 16.3. The Balaban J connectivity index is 1.43. The highest BCUT2D eigenvalue weighted by Crippen LogP contribution is 2.57. The molecule has 0 spiro atoms. The van der Waals surface area contributed by atoms with Gasteiger partial charge in [-0.3, -0.25) is 0 Å². The number of furan rings is 1. The molecule has 1 aromatic heterocycles. The summed E-state index contributed by atoms with van der Waals surface area (Å²) in [6.45, 7) is 4.70. The highest BCUT2D eigenvalue weighted by molar-refractivity contribution is 6.21. The minimum atomic E-state index is -0.199. The molecule has 0 bridgehead atoms. The molecule has 0 amide bonds. The topological polar surface area (TPSA) is 19.6 Å². The first kappa shape index (κ1) is 28.2. The van der Waals surface area contributed by atoms with E-state index in [9.17, 15) is 0 Å². The average molecular weight is 619 g/mol. The van der Waals surface area contributed by atoms with Gasteiger partial charge in [0, 0.05) is 38.9 Å². The average Bonchev–Trinajstić information content (AvgIpc) is 3.64. The van der Waals surface area contributed by atoms with E-state index in [0.717, 1.165) is 56.1 Å². The lowest BCUT2D eigenvalue weighted by molar-refractivity contribution is 0.657. The molecule has 0 unspecified atom stereocenters. The van der Waals surface area contributed by atoms with Crippen molar-refractivity contribution < 1.29 is 4.42 Å². The number of benzene rings is 7. The van der Waals surface area contributed by atoms with Gasteiger partial charge in [0.2, 0.25) is 0 Å². The van der Waals surface area contributed by atoms with Crippen molar-refractivity contribution in [2.24, 2.45) is 0 Å². The number of fused-ring (bicyclic) bond motifs is 7. The molecule has 1 heterocycles. The molecule has 3 heteroatoms. The van der Waals surface area contributed by atoms with E-state index in [4.69, 9.17) is 4.42 Å². The van der Waals surface area contributed by atoms with Crippen LogP contribution in [-0.2, 0) is 5.41 Å². The van der Waals surface area contributed by atoms with Crippen LogP contribution in [0, 0.1) is 0 Å². The molecule has 0 aliphatic heterocycles. The zero-order valence-electron chi connectivity index (χ0n) is 27.0. The Hall–Kier alpha value is -6.06. The van der Waals surface area contributed by atoms with Crippen molar-refractivity contribution in [3.63, 3.8) is 0 Å². The lowest BCUT2D eigenvalue weighted by Crippen LogP contribution is -2.16. The normalized spacial score (nSPS) is 13.0. The number of hydrogen-bond donors (Lipinski definition) is 0. The van der Waals surface area contributed by atoms with Crippen LogP contribution >= 0.6 is 0 Å². The molecule has 0 radical (unpaired) electrons. The summed E-state index contributed by atoms with van der Waals surface area (Å²) >= 11 is 0. The maximum absolute atomic E-state index is 7.29. The summed E-state index contributed by atoms with van der Waals surface area (Å²) in [6.07, 6.45) is 0. The Morgan fingerprint density at radius 2 is 0.917 bits per heavy atom. The summed E-state index contributed by atoms with van der Waals surface area (Å²) in [5.74, 6) is 0. The van der Waals surface area contributed by atoms with Crippen LogP contribution in [0.5, 0.6) is 0 Å². The summed E-state index contributed by atoms with van der Waals surface area (Å²) in [6, 6.07) is 60.2. The molecule has 7 aromatic carbocycles. The van der Waals surface area contributed by atoms with Crippen LogP contribution in [0.1, 0.15) is 25.0 Å². The number of para-hydroxylation sites is 5. The van der Waals surface area contributed by atoms with E-state index in [2.05, 4.69) is 194 Å². The summed E-state index contributed by atoms with van der Waals surface area (Å²) in [5, 5.41) is 2.25. The molecule has 0 atom stereocenters. The molecule has 230 valence electrons. The van der Waals surface area contributed by atoms with Gasteiger partial charge < -0.3 is 14.2 Å². The maximum atomic E-state index is 7.29. The standard InChI is InChI=1S/C45H34N2O/c1-45(2)37-28-16-15-26-35(37)41-38(45)30-40(47(33-22-11-5-12-23-33)34-24-13-6-14-25-34)44-42(41)36-27-17-29-39(43(36)48-44)46(31-18-7-3-8-19-31)32-20-9-4-10-21-32/h3-30H,1-2H3. The van der Waals surface area contributed by atoms with Crippen molar-refractivity contribution in [3.05, 3.63) is 181 Å². The number of anilines is 6. The number of rotatable bonds is 6. The van der Waals surface area contributed by atoms with Gasteiger partial charge >= 0.3 is 0 Å². The van der Waals surface area contributed by atoms with Crippen LogP contribution < -0.4 is 9.80 Å². The van der Waals surface area contributed by atoms with Crippen molar-refractivity contribution in [3.8, 4) is 11.1 Å². The molecule has 0 saturated carbocycles. The van der Waals surface area contributed by atoms with Gasteiger partial charge in [0.1, 0.15) is 0 Å². The molecular formula is C45H34N2O. The van der Waals surface area contributed by atoms with Gasteiger partial charge in [-0.2, -0.15) is 0 Å². The third kappa shape index (κ3) is 4.28. The quantitative estimate of drug-likeness (QED) is 0.185. The second-order valence-corrected chi connectivity index (χ2v) is 13.0. The SMILES string of the molecule is CC1(C)c2ccccc2-c2c1cc(N(c1ccccc1)c1ccccc1)c1oc3c(N(c4ccccc4)c4ccccc4)cccc3c21. The Labute approximate surface area is 280 Å². The third-order valence-corrected chi connectivity index (χ3v) is 9.81. The molecular weight excluding hydrogens is 585 g/mol. The molecule has 3 nitrogen and oxygen atoms in total. The first-order valence-corrected chi connectivity index (χ1v) is 16.5. The molecule has 48 heavy (non-hydrogen) atoms. The van der Waals surface area contributed by atoms with Crippen molar-refractivity contribution in [2.75, 3.05) is 9.80 Å². The van der Waals surface area contributed by atoms with E-state index in [1.54, 1.807) is 0 Å². The summed E-state index contributed by atoms with van der Waals surface area (Å²) in [7, 11) is 0. The zero-order chi connectivity index (χ0) is 32.2. The summed E-state index contributed by atoms with van der Waals surface area (Å²) in [5.41, 5.74) is 13.0. The summed E-state index contributed by atoms with van der Waals surface area (Å²) < 4.78 is 7.29. The predicted molar refractivity (Wildman–Crippen MR) is 201 cm³/mol. The second kappa shape index (κ2) is 11.0. The largest absolute Gasteiger partial charge is 0.452 e. The Kier molecular flexibility index (Phi) is 6.48. The molecule has 1 aliphatic rings. The van der Waals surface area contributed by atoms with E-state index in [1.807, 2.05) is 0 Å². The van der Waals surface area contributed by atoms with Crippen LogP contribution in [0.25, 0.3) is 33.1 Å². The van der Waals surface area contributed by atoms with Gasteiger partial charge in [-0.05, 0) is 82.9 Å². The second-order valence-electron chi connectivity index (χ2n) is 13.0. The fraction of sp³-hybridized carbons (Fsp3) is 0.0667. The van der Waals surface area contributed by atoms with Crippen LogP contribution in [0.3, 0.4) is 0 Å². The fourth-order valence-electron chi connectivity index (χ4n) is 7.61. The fourth-order valence-corrected chi connectivity index (χ4v) is 7.61. The highest BCUT2D eigenvalue weighted by Gasteiger charge is 2.39. The van der Waals surface area contributed by atoms with Gasteiger partial charge in [0.15, 0.2) is 11.2 Å². The van der Waals surface area contributed by atoms with Gasteiger partial charge in [-0.1, -0.05) is 123 Å². The smallest absolute Gasteiger partial charge is 0.160 e. The van der Waals surface area contributed by atoms with E-state index < -0.39 is 0 Å². The maximum Gasteiger partial charge on any atom is 0.160 e. The van der Waals surface area contributed by atoms with Crippen molar-refractivity contribution in [2.45, 2.75) is 19.3 Å². The Morgan fingerprint density at radius 1 is 0.438 bits per heavy atom. The van der Waals surface area contributed by atoms with Gasteiger partial charge in [0.05, 0.1) is 11.4 Å². The monoisotopic (exact) mass is 618 g/mol. The number of nitrogens with zero attached hydrogens (tertiary/aromatic N) is 2. The molecule has 1 aliphatic carbocycles. The Bertz CT molecular complexity index is 2330. The third-order valence-electron chi connectivity index (χ3n) is 9.81. The molecule has 0 saturated heterocycles. The lowest BCUT2D eigenvalue weighted by atomic mass is 9.82. The van der Waals surface area contributed by atoms with Crippen LogP contribution in [0.15, 0.2) is 174 Å². The predicted octanol–water partition coefficient (Wildman–Crippen LogP) is 12.8. The van der Waals surface area contributed by atoms with Gasteiger partial charge in [0.25, 0.3) is 0 Å². The Morgan fingerprint density at radius 3 is 1.46 bits per heavy atom. The van der Waals surface area contributed by atoms with Crippen molar-refractivity contribution >= 4 is 56.1 Å². The molecule has 0 N–H and O–H groups in total. The van der Waals surface area contributed by atoms with Gasteiger partial charge in [-0.25, -0.2) is 0 Å². The zero-order valence-corrected chi connectivity index (χ0v) is 27.0. The molecule has 8 aromatic rings. The van der Waals surface area contributed by atoms with E-state index in [0.29, 0.717) is 0 Å². The first-order chi connectivity index (χ1) is 23.6. The van der Waals surface area contributed by atoms with Crippen LogP contribution in [0.2, 0.25) is 0 Å². The van der Waals surface area contributed by atoms with Crippen molar-refractivity contribution in [1.82, 2.24) is 0 Å². The lowest BCUT2D eigenvalue weighted by Gasteiger charge is -2.28. The molecule has 9 rings (SSSR count). The summed E-state index contributed by atoms with van der Waals surface area (Å²) in [4.78, 5) is 4.64. The van der Waals surface area contributed by atoms with E-state index >= 15 is 0 Å². The first-order valence-electron chi connectivity index (χ1n) is 16.5. The minimum Gasteiger partial charge on any atom is -0.452 e.